The summed E-state index contributed by atoms with van der Waals surface area (Å²) in [6.07, 6.45) is 4.11. The minimum Gasteiger partial charge on any atom is -0.550 e. The Morgan fingerprint density at radius 2 is 1.92 bits per heavy atom. The monoisotopic (exact) mass is 390 g/mol. The second-order valence-corrected chi connectivity index (χ2v) is 7.61. The van der Waals surface area contributed by atoms with Gasteiger partial charge in [0, 0.05) is 27.7 Å². The molecule has 2 heterocycles. The Hall–Kier alpha value is -2.45. The number of carbonyl (C=O) groups excluding carboxylic acids is 3. The number of aliphatic carboxylic acids is 1. The van der Waals surface area contributed by atoms with E-state index in [9.17, 15) is 19.5 Å². The van der Waals surface area contributed by atoms with E-state index in [1.54, 1.807) is 17.5 Å². The molecule has 2 atom stereocenters. The van der Waals surface area contributed by atoms with Crippen LogP contribution in [0.25, 0.3) is 10.4 Å². The van der Waals surface area contributed by atoms with E-state index in [1.807, 2.05) is 17.5 Å². The molecule has 0 fully saturated rings. The van der Waals surface area contributed by atoms with Crippen molar-refractivity contribution in [2.24, 2.45) is 11.8 Å². The van der Waals surface area contributed by atoms with Crippen LogP contribution in [0.5, 0.6) is 0 Å². The van der Waals surface area contributed by atoms with Crippen LogP contribution >= 0.6 is 22.7 Å². The van der Waals surface area contributed by atoms with E-state index >= 15 is 0 Å². The van der Waals surface area contributed by atoms with Gasteiger partial charge in [-0.15, -0.1) is 22.7 Å². The predicted molar refractivity (Wildman–Crippen MR) is 98.0 cm³/mol. The first-order chi connectivity index (χ1) is 12.5. The molecule has 3 rings (SSSR count). The molecule has 0 saturated carbocycles. The lowest BCUT2D eigenvalue weighted by Gasteiger charge is -2.28. The first-order valence-corrected chi connectivity index (χ1v) is 9.69. The van der Waals surface area contributed by atoms with Gasteiger partial charge in [0.05, 0.1) is 13.0 Å². The van der Waals surface area contributed by atoms with E-state index in [2.05, 4.69) is 5.32 Å². The summed E-state index contributed by atoms with van der Waals surface area (Å²) < 4.78 is 4.87. The maximum absolute atomic E-state index is 12.7. The molecule has 0 radical (unpaired) electrons. The number of nitrogens with one attached hydrogen (secondary N) is 1. The van der Waals surface area contributed by atoms with Crippen LogP contribution in [-0.4, -0.2) is 25.0 Å². The average molecular weight is 390 g/mol. The molecule has 1 aliphatic rings. The standard InChI is InChI=1S/C18H17NO5S2/c1-24-18(23)14-12(13-7-4-8-25-13)9-26-16(14)19-15(20)10-5-2-3-6-11(10)17(21)22/h2-4,7-11H,5-6H2,1H3,(H,19,20)(H,21,22)/p-1/t10-,11-/m1/s1. The second-order valence-electron chi connectivity index (χ2n) is 5.79. The summed E-state index contributed by atoms with van der Waals surface area (Å²) in [5, 5.41) is 18.1. The van der Waals surface area contributed by atoms with Crippen molar-refractivity contribution in [1.82, 2.24) is 0 Å². The van der Waals surface area contributed by atoms with Crippen LogP contribution in [0.1, 0.15) is 23.2 Å². The number of rotatable bonds is 5. The Balaban J connectivity index is 1.90. The van der Waals surface area contributed by atoms with Crippen molar-refractivity contribution in [1.29, 1.82) is 0 Å². The molecule has 0 bridgehead atoms. The van der Waals surface area contributed by atoms with Crippen molar-refractivity contribution in [3.8, 4) is 10.4 Å². The highest BCUT2D eigenvalue weighted by molar-refractivity contribution is 7.17. The Kier molecular flexibility index (Phi) is 5.53. The number of hydrogen-bond acceptors (Lipinski definition) is 7. The van der Waals surface area contributed by atoms with Crippen molar-refractivity contribution in [3.05, 3.63) is 40.6 Å². The van der Waals surface area contributed by atoms with Gasteiger partial charge in [-0.3, -0.25) is 4.79 Å². The fourth-order valence-electron chi connectivity index (χ4n) is 2.94. The van der Waals surface area contributed by atoms with Crippen molar-refractivity contribution in [3.63, 3.8) is 0 Å². The summed E-state index contributed by atoms with van der Waals surface area (Å²) in [5.74, 6) is -3.84. The molecule has 136 valence electrons. The predicted octanol–water partition coefficient (Wildman–Crippen LogP) is 2.53. The molecule has 8 heteroatoms. The Bertz CT molecular complexity index is 853. The van der Waals surface area contributed by atoms with Gasteiger partial charge in [0.15, 0.2) is 0 Å². The summed E-state index contributed by atoms with van der Waals surface area (Å²) in [7, 11) is 1.28. The molecular formula is C18H16NO5S2-. The third-order valence-corrected chi connectivity index (χ3v) is 6.07. The molecular weight excluding hydrogens is 374 g/mol. The minimum absolute atomic E-state index is 0.259. The number of carboxylic acid groups (broad SMARTS) is 1. The largest absolute Gasteiger partial charge is 0.550 e. The fourth-order valence-corrected chi connectivity index (χ4v) is 4.71. The molecule has 1 amide bonds. The maximum atomic E-state index is 12.7. The van der Waals surface area contributed by atoms with Gasteiger partial charge in [0.2, 0.25) is 5.91 Å². The highest BCUT2D eigenvalue weighted by Gasteiger charge is 2.31. The molecule has 2 aromatic heterocycles. The van der Waals surface area contributed by atoms with E-state index in [0.29, 0.717) is 17.0 Å². The number of esters is 1. The van der Waals surface area contributed by atoms with Crippen molar-refractivity contribution in [2.75, 3.05) is 12.4 Å². The minimum atomic E-state index is -1.24. The summed E-state index contributed by atoms with van der Waals surface area (Å²) in [6, 6.07) is 3.75. The normalized spacial score (nSPS) is 19.1. The number of carboxylic acids is 1. The Labute approximate surface area is 158 Å². The van der Waals surface area contributed by atoms with Crippen molar-refractivity contribution in [2.45, 2.75) is 12.8 Å². The van der Waals surface area contributed by atoms with Gasteiger partial charge in [-0.2, -0.15) is 0 Å². The molecule has 6 nitrogen and oxygen atoms in total. The van der Waals surface area contributed by atoms with Gasteiger partial charge in [-0.1, -0.05) is 18.2 Å². The number of carbonyl (C=O) groups is 3. The molecule has 1 aliphatic carbocycles. The van der Waals surface area contributed by atoms with E-state index in [0.717, 1.165) is 4.88 Å². The lowest BCUT2D eigenvalue weighted by Crippen LogP contribution is -2.41. The summed E-state index contributed by atoms with van der Waals surface area (Å²) in [5.41, 5.74) is 0.969. The molecule has 0 aliphatic heterocycles. The second kappa shape index (κ2) is 7.84. The first kappa shape index (κ1) is 18.3. The number of amides is 1. The van der Waals surface area contributed by atoms with Gasteiger partial charge >= 0.3 is 5.97 Å². The van der Waals surface area contributed by atoms with E-state index in [4.69, 9.17) is 4.74 Å². The lowest BCUT2D eigenvalue weighted by atomic mass is 9.82. The maximum Gasteiger partial charge on any atom is 0.341 e. The van der Waals surface area contributed by atoms with Crippen molar-refractivity contribution < 1.29 is 24.2 Å². The Morgan fingerprint density at radius 1 is 1.19 bits per heavy atom. The highest BCUT2D eigenvalue weighted by Crippen LogP contribution is 2.39. The van der Waals surface area contributed by atoms with Crippen LogP contribution in [0.15, 0.2) is 35.0 Å². The number of ether oxygens (including phenoxy) is 1. The lowest BCUT2D eigenvalue weighted by molar-refractivity contribution is -0.313. The van der Waals surface area contributed by atoms with Gasteiger partial charge in [-0.05, 0) is 24.3 Å². The molecule has 2 aromatic rings. The number of thiophene rings is 2. The SMILES string of the molecule is COC(=O)c1c(-c2cccs2)csc1NC(=O)[C@@H]1CC=CC[C@H]1C(=O)[O-]. The number of methoxy groups -OCH3 is 1. The van der Waals surface area contributed by atoms with Crippen LogP contribution in [0, 0.1) is 11.8 Å². The molecule has 26 heavy (non-hydrogen) atoms. The topological polar surface area (TPSA) is 95.5 Å². The van der Waals surface area contributed by atoms with Gasteiger partial charge in [0.25, 0.3) is 0 Å². The van der Waals surface area contributed by atoms with Crippen LogP contribution in [-0.2, 0) is 14.3 Å². The van der Waals surface area contributed by atoms with Crippen LogP contribution in [0.4, 0.5) is 5.00 Å². The van der Waals surface area contributed by atoms with E-state index in [-0.39, 0.29) is 12.0 Å². The third kappa shape index (κ3) is 3.56. The smallest absolute Gasteiger partial charge is 0.341 e. The van der Waals surface area contributed by atoms with E-state index in [1.165, 1.54) is 29.8 Å². The van der Waals surface area contributed by atoms with Crippen LogP contribution < -0.4 is 10.4 Å². The zero-order chi connectivity index (χ0) is 18.7. The van der Waals surface area contributed by atoms with Crippen LogP contribution in [0.2, 0.25) is 0 Å². The quantitative estimate of drug-likeness (QED) is 0.625. The zero-order valence-corrected chi connectivity index (χ0v) is 15.5. The molecule has 1 N–H and O–H groups in total. The third-order valence-electron chi connectivity index (χ3n) is 4.28. The summed E-state index contributed by atoms with van der Waals surface area (Å²) >= 11 is 2.69. The van der Waals surface area contributed by atoms with Gasteiger partial charge < -0.3 is 20.0 Å². The average Bonchev–Trinajstić information content (AvgIpc) is 3.30. The fraction of sp³-hybridized carbons (Fsp3) is 0.278. The zero-order valence-electron chi connectivity index (χ0n) is 13.9. The van der Waals surface area contributed by atoms with E-state index < -0.39 is 29.7 Å². The van der Waals surface area contributed by atoms with Crippen molar-refractivity contribution >= 4 is 45.5 Å². The molecule has 0 saturated heterocycles. The molecule has 0 unspecified atom stereocenters. The Morgan fingerprint density at radius 3 is 2.54 bits per heavy atom. The number of anilines is 1. The molecule has 0 spiro atoms. The molecule has 0 aromatic carbocycles. The van der Waals surface area contributed by atoms with Crippen LogP contribution in [0.3, 0.4) is 0 Å². The highest BCUT2D eigenvalue weighted by atomic mass is 32.1. The van der Waals surface area contributed by atoms with Gasteiger partial charge in [0.1, 0.15) is 10.6 Å². The summed E-state index contributed by atoms with van der Waals surface area (Å²) in [6.45, 7) is 0. The van der Waals surface area contributed by atoms with Gasteiger partial charge in [-0.25, -0.2) is 4.79 Å². The number of allylic oxidation sites excluding steroid dienone is 2. The number of hydrogen-bond donors (Lipinski definition) is 1. The first-order valence-electron chi connectivity index (χ1n) is 7.93. The summed E-state index contributed by atoms with van der Waals surface area (Å²) in [4.78, 5) is 37.1.